The van der Waals surface area contributed by atoms with Gasteiger partial charge < -0.3 is 4.90 Å². The predicted octanol–water partition coefficient (Wildman–Crippen LogP) is 1.19. The monoisotopic (exact) mass is 293 g/mol. The molecule has 0 aliphatic carbocycles. The Morgan fingerprint density at radius 3 is 2.65 bits per heavy atom. The molecule has 1 fully saturated rings. The van der Waals surface area contributed by atoms with E-state index < -0.39 is 10.0 Å². The van der Waals surface area contributed by atoms with Gasteiger partial charge in [-0.2, -0.15) is 9.57 Å². The largest absolute Gasteiger partial charge is 0.305 e. The molecule has 0 N–H and O–H groups in total. The van der Waals surface area contributed by atoms with Crippen molar-refractivity contribution in [3.63, 3.8) is 0 Å². The van der Waals surface area contributed by atoms with Crippen LogP contribution in [-0.4, -0.2) is 50.8 Å². The molecule has 20 heavy (non-hydrogen) atoms. The second kappa shape index (κ2) is 5.52. The van der Waals surface area contributed by atoms with Crippen molar-refractivity contribution in [3.8, 4) is 6.07 Å². The molecule has 1 aliphatic rings. The first kappa shape index (κ1) is 15.0. The van der Waals surface area contributed by atoms with E-state index in [1.54, 1.807) is 19.1 Å². The van der Waals surface area contributed by atoms with E-state index in [1.165, 1.54) is 10.4 Å². The average molecular weight is 293 g/mol. The van der Waals surface area contributed by atoms with Gasteiger partial charge in [-0.1, -0.05) is 6.07 Å². The van der Waals surface area contributed by atoms with Gasteiger partial charge in [0.15, 0.2) is 0 Å². The Labute approximate surface area is 120 Å². The quantitative estimate of drug-likeness (QED) is 0.840. The zero-order chi connectivity index (χ0) is 14.9. The Morgan fingerprint density at radius 1 is 1.40 bits per heavy atom. The third-order valence-corrected chi connectivity index (χ3v) is 5.80. The van der Waals surface area contributed by atoms with E-state index in [1.807, 2.05) is 25.1 Å². The molecule has 1 heterocycles. The fourth-order valence-electron chi connectivity index (χ4n) is 2.44. The maximum atomic E-state index is 12.7. The molecule has 5 nitrogen and oxygen atoms in total. The van der Waals surface area contributed by atoms with E-state index in [2.05, 4.69) is 0 Å². The number of sulfonamides is 1. The zero-order valence-corrected chi connectivity index (χ0v) is 12.8. The number of hydrogen-bond acceptors (Lipinski definition) is 4. The fraction of sp³-hybridized carbons (Fsp3) is 0.500. The summed E-state index contributed by atoms with van der Waals surface area (Å²) in [7, 11) is 0.408. The molecule has 1 aromatic rings. The molecule has 1 aromatic carbocycles. The number of nitrogens with zero attached hydrogens (tertiary/aromatic N) is 3. The third-order valence-electron chi connectivity index (χ3n) is 3.79. The van der Waals surface area contributed by atoms with Crippen molar-refractivity contribution in [2.75, 3.05) is 27.2 Å². The van der Waals surface area contributed by atoms with Crippen molar-refractivity contribution >= 4 is 10.0 Å². The second-order valence-corrected chi connectivity index (χ2v) is 7.27. The zero-order valence-electron chi connectivity index (χ0n) is 12.0. The maximum Gasteiger partial charge on any atom is 0.243 e. The Kier molecular flexibility index (Phi) is 4.14. The van der Waals surface area contributed by atoms with Gasteiger partial charge in [0.1, 0.15) is 0 Å². The smallest absolute Gasteiger partial charge is 0.243 e. The highest BCUT2D eigenvalue weighted by atomic mass is 32.2. The van der Waals surface area contributed by atoms with Gasteiger partial charge in [0.05, 0.1) is 16.5 Å². The van der Waals surface area contributed by atoms with Crippen LogP contribution < -0.4 is 0 Å². The lowest BCUT2D eigenvalue weighted by Gasteiger charge is -2.21. The molecule has 1 saturated heterocycles. The number of hydrogen-bond donors (Lipinski definition) is 0. The van der Waals surface area contributed by atoms with E-state index in [0.29, 0.717) is 24.2 Å². The highest BCUT2D eigenvalue weighted by Gasteiger charge is 2.34. The fourth-order valence-corrected chi connectivity index (χ4v) is 4.18. The van der Waals surface area contributed by atoms with Crippen LogP contribution in [0.3, 0.4) is 0 Å². The summed E-state index contributed by atoms with van der Waals surface area (Å²) >= 11 is 0. The minimum atomic E-state index is -3.51. The van der Waals surface area contributed by atoms with E-state index in [4.69, 9.17) is 5.26 Å². The summed E-state index contributed by atoms with van der Waals surface area (Å²) in [6.07, 6.45) is 0.837. The molecule has 1 aliphatic heterocycles. The van der Waals surface area contributed by atoms with Gasteiger partial charge in [-0.3, -0.25) is 0 Å². The molecule has 0 saturated carbocycles. The van der Waals surface area contributed by atoms with Crippen LogP contribution in [0.1, 0.15) is 17.5 Å². The minimum absolute atomic E-state index is 0.246. The van der Waals surface area contributed by atoms with Gasteiger partial charge in [-0.15, -0.1) is 0 Å². The molecule has 108 valence electrons. The number of benzene rings is 1. The number of nitriles is 1. The Morgan fingerprint density at radius 2 is 2.10 bits per heavy atom. The second-order valence-electron chi connectivity index (χ2n) is 5.36. The van der Waals surface area contributed by atoms with Crippen LogP contribution in [-0.2, 0) is 10.0 Å². The Balaban J connectivity index is 2.35. The van der Waals surface area contributed by atoms with Gasteiger partial charge in [-0.25, -0.2) is 8.42 Å². The van der Waals surface area contributed by atoms with Crippen LogP contribution >= 0.6 is 0 Å². The highest BCUT2D eigenvalue weighted by Crippen LogP contribution is 2.25. The van der Waals surface area contributed by atoms with Gasteiger partial charge in [0.2, 0.25) is 10.0 Å². The molecule has 0 spiro atoms. The summed E-state index contributed by atoms with van der Waals surface area (Å²) in [5.74, 6) is 0. The molecular weight excluding hydrogens is 274 g/mol. The average Bonchev–Trinajstić information content (AvgIpc) is 2.89. The predicted molar refractivity (Wildman–Crippen MR) is 76.7 cm³/mol. The molecule has 0 aromatic heterocycles. The van der Waals surface area contributed by atoms with E-state index in [-0.39, 0.29) is 10.9 Å². The molecule has 0 bridgehead atoms. The van der Waals surface area contributed by atoms with Crippen molar-refractivity contribution in [1.82, 2.24) is 9.21 Å². The van der Waals surface area contributed by atoms with Crippen LogP contribution in [0.15, 0.2) is 23.1 Å². The SMILES string of the molecule is Cc1ccc(C#N)cc1S(=O)(=O)N1CCC(N(C)C)C1. The van der Waals surface area contributed by atoms with Gasteiger partial charge in [0.25, 0.3) is 0 Å². The molecule has 0 radical (unpaired) electrons. The molecule has 0 amide bonds. The summed E-state index contributed by atoms with van der Waals surface area (Å²) in [5.41, 5.74) is 1.05. The normalized spacial score (nSPS) is 20.2. The Bertz CT molecular complexity index is 647. The van der Waals surface area contributed by atoms with Crippen LogP contribution in [0.25, 0.3) is 0 Å². The first-order valence-electron chi connectivity index (χ1n) is 6.53. The van der Waals surface area contributed by atoms with Crippen molar-refractivity contribution in [1.29, 1.82) is 5.26 Å². The lowest BCUT2D eigenvalue weighted by molar-refractivity contribution is 0.302. The first-order chi connectivity index (χ1) is 9.36. The van der Waals surface area contributed by atoms with Crippen molar-refractivity contribution in [2.24, 2.45) is 0 Å². The standard InChI is InChI=1S/C14H19N3O2S/c1-11-4-5-12(9-15)8-14(11)20(18,19)17-7-6-13(10-17)16(2)3/h4-5,8,13H,6-7,10H2,1-3H3. The highest BCUT2D eigenvalue weighted by molar-refractivity contribution is 7.89. The molecule has 2 rings (SSSR count). The summed E-state index contributed by atoms with van der Waals surface area (Å²) in [5, 5.41) is 8.93. The summed E-state index contributed by atoms with van der Waals surface area (Å²) < 4.78 is 26.9. The van der Waals surface area contributed by atoms with Crippen LogP contribution in [0.4, 0.5) is 0 Å². The lowest BCUT2D eigenvalue weighted by Crippen LogP contribution is -2.34. The first-order valence-corrected chi connectivity index (χ1v) is 7.97. The van der Waals surface area contributed by atoms with Gasteiger partial charge in [0, 0.05) is 19.1 Å². The van der Waals surface area contributed by atoms with E-state index in [0.717, 1.165) is 6.42 Å². The lowest BCUT2D eigenvalue weighted by atomic mass is 10.2. The van der Waals surface area contributed by atoms with E-state index >= 15 is 0 Å². The minimum Gasteiger partial charge on any atom is -0.305 e. The Hall–Kier alpha value is -1.42. The van der Waals surface area contributed by atoms with Crippen LogP contribution in [0.5, 0.6) is 0 Å². The van der Waals surface area contributed by atoms with Gasteiger partial charge >= 0.3 is 0 Å². The summed E-state index contributed by atoms with van der Waals surface area (Å²) in [6.45, 7) is 2.79. The van der Waals surface area contributed by atoms with Crippen LogP contribution in [0, 0.1) is 18.3 Å². The van der Waals surface area contributed by atoms with Crippen LogP contribution in [0.2, 0.25) is 0 Å². The number of likely N-dealkylation sites (N-methyl/N-ethyl adjacent to an activating group) is 1. The van der Waals surface area contributed by atoms with E-state index in [9.17, 15) is 8.42 Å². The van der Waals surface area contributed by atoms with Crippen molar-refractivity contribution in [2.45, 2.75) is 24.3 Å². The number of aryl methyl sites for hydroxylation is 1. The third kappa shape index (κ3) is 2.70. The maximum absolute atomic E-state index is 12.7. The van der Waals surface area contributed by atoms with Crippen molar-refractivity contribution in [3.05, 3.63) is 29.3 Å². The topological polar surface area (TPSA) is 64.4 Å². The molecular formula is C14H19N3O2S. The molecule has 1 atom stereocenters. The summed E-state index contributed by atoms with van der Waals surface area (Å²) in [4.78, 5) is 2.30. The molecule has 6 heteroatoms. The summed E-state index contributed by atoms with van der Waals surface area (Å²) in [6, 6.07) is 7.04. The van der Waals surface area contributed by atoms with Crippen molar-refractivity contribution < 1.29 is 8.42 Å². The number of rotatable bonds is 3. The molecule has 1 unspecified atom stereocenters. The van der Waals surface area contributed by atoms with Gasteiger partial charge in [-0.05, 0) is 45.1 Å².